The molecule has 0 spiro atoms. The van der Waals surface area contributed by atoms with Crippen LogP contribution in [0.1, 0.15) is 36.5 Å². The highest BCUT2D eigenvalue weighted by atomic mass is 16.5. The van der Waals surface area contributed by atoms with Crippen molar-refractivity contribution in [1.82, 2.24) is 4.90 Å². The smallest absolute Gasteiger partial charge is 0.247 e. The monoisotopic (exact) mass is 304 g/mol. The second-order valence-corrected chi connectivity index (χ2v) is 6.49. The topological polar surface area (TPSA) is 75.8 Å². The molecule has 1 amide bonds. The minimum atomic E-state index is -0.566. The van der Waals surface area contributed by atoms with Gasteiger partial charge in [-0.25, -0.2) is 0 Å². The van der Waals surface area contributed by atoms with E-state index in [-0.39, 0.29) is 6.10 Å². The number of rotatable bonds is 3. The maximum absolute atomic E-state index is 11.4. The van der Waals surface area contributed by atoms with Crippen LogP contribution in [0.15, 0.2) is 12.1 Å². The fraction of sp³-hybridized carbons (Fsp3) is 0.588. The highest BCUT2D eigenvalue weighted by molar-refractivity contribution is 5.79. The molecule has 3 rings (SSSR count). The number of ether oxygens (including phenoxy) is 1. The number of aromatic hydroxyl groups is 1. The van der Waals surface area contributed by atoms with Gasteiger partial charge in [-0.1, -0.05) is 6.07 Å². The average Bonchev–Trinajstić information content (AvgIpc) is 2.47. The molecule has 0 saturated carbocycles. The summed E-state index contributed by atoms with van der Waals surface area (Å²) in [4.78, 5) is 13.5. The Hall–Kier alpha value is -1.59. The van der Waals surface area contributed by atoms with Crippen LogP contribution in [0.4, 0.5) is 0 Å². The van der Waals surface area contributed by atoms with Crippen molar-refractivity contribution in [1.29, 1.82) is 0 Å². The maximum atomic E-state index is 11.4. The largest absolute Gasteiger partial charge is 0.508 e. The van der Waals surface area contributed by atoms with Gasteiger partial charge in [0.2, 0.25) is 5.91 Å². The zero-order chi connectivity index (χ0) is 15.7. The number of benzene rings is 1. The predicted molar refractivity (Wildman–Crippen MR) is 83.6 cm³/mol. The van der Waals surface area contributed by atoms with Gasteiger partial charge in [-0.15, -0.1) is 0 Å². The molecule has 2 aliphatic rings. The molecule has 0 bridgehead atoms. The van der Waals surface area contributed by atoms with E-state index in [0.717, 1.165) is 24.9 Å². The zero-order valence-electron chi connectivity index (χ0n) is 13.0. The molecule has 1 saturated heterocycles. The second-order valence-electron chi connectivity index (χ2n) is 6.49. The van der Waals surface area contributed by atoms with E-state index in [2.05, 4.69) is 11.0 Å². The lowest BCUT2D eigenvalue weighted by atomic mass is 9.90. The molecule has 5 nitrogen and oxygen atoms in total. The van der Waals surface area contributed by atoms with Gasteiger partial charge in [0.05, 0.1) is 6.10 Å². The molecule has 0 unspecified atom stereocenters. The summed E-state index contributed by atoms with van der Waals surface area (Å²) in [5, 5.41) is 10.3. The van der Waals surface area contributed by atoms with Gasteiger partial charge < -0.3 is 15.6 Å². The van der Waals surface area contributed by atoms with E-state index in [9.17, 15) is 9.90 Å². The minimum Gasteiger partial charge on any atom is -0.508 e. The summed E-state index contributed by atoms with van der Waals surface area (Å²) in [5.41, 5.74) is 8.92. The molecule has 22 heavy (non-hydrogen) atoms. The van der Waals surface area contributed by atoms with Crippen LogP contribution in [0.2, 0.25) is 0 Å². The Balaban J connectivity index is 1.76. The van der Waals surface area contributed by atoms with E-state index in [1.807, 2.05) is 13.0 Å². The van der Waals surface area contributed by atoms with E-state index in [0.29, 0.717) is 18.8 Å². The van der Waals surface area contributed by atoms with Crippen molar-refractivity contribution in [3.8, 4) is 5.75 Å². The van der Waals surface area contributed by atoms with Crippen LogP contribution in [-0.4, -0.2) is 41.2 Å². The number of phenolic OH excluding ortho intramolecular Hbond substituents is 1. The number of hydrogen-bond donors (Lipinski definition) is 2. The third-order valence-electron chi connectivity index (χ3n) is 4.59. The molecule has 1 fully saturated rings. The molecule has 5 heteroatoms. The first-order valence-corrected chi connectivity index (χ1v) is 8.03. The van der Waals surface area contributed by atoms with Gasteiger partial charge in [-0.3, -0.25) is 9.69 Å². The number of morpholine rings is 1. The molecule has 1 aliphatic heterocycles. The first kappa shape index (κ1) is 15.3. The van der Waals surface area contributed by atoms with Crippen LogP contribution in [0, 0.1) is 0 Å². The number of aryl methyl sites for hydroxylation is 2. The normalized spacial score (nSPS) is 25.7. The molecule has 1 aromatic carbocycles. The Morgan fingerprint density at radius 1 is 1.32 bits per heavy atom. The highest BCUT2D eigenvalue weighted by Crippen LogP contribution is 2.29. The number of primary amides is 1. The number of nitrogens with zero attached hydrogens (tertiary/aromatic N) is 1. The SMILES string of the molecule is C[C@@H]1CN(Cc2cc3c(cc2O)CCCC3)C[C@H](C(N)=O)O1. The fourth-order valence-electron chi connectivity index (χ4n) is 3.52. The quantitative estimate of drug-likeness (QED) is 0.884. The van der Waals surface area contributed by atoms with Crippen LogP contribution in [-0.2, 0) is 28.9 Å². The fourth-order valence-corrected chi connectivity index (χ4v) is 3.52. The number of amides is 1. The van der Waals surface area contributed by atoms with Crippen LogP contribution >= 0.6 is 0 Å². The van der Waals surface area contributed by atoms with E-state index in [4.69, 9.17) is 10.5 Å². The Bertz CT molecular complexity index is 573. The third kappa shape index (κ3) is 3.25. The molecule has 1 heterocycles. The Kier molecular flexibility index (Phi) is 4.36. The molecule has 1 aromatic rings. The van der Waals surface area contributed by atoms with Gasteiger partial charge in [0, 0.05) is 25.2 Å². The van der Waals surface area contributed by atoms with Crippen molar-refractivity contribution < 1.29 is 14.6 Å². The molecule has 0 radical (unpaired) electrons. The van der Waals surface area contributed by atoms with E-state index < -0.39 is 12.0 Å². The van der Waals surface area contributed by atoms with Crippen LogP contribution in [0.3, 0.4) is 0 Å². The van der Waals surface area contributed by atoms with E-state index in [1.165, 1.54) is 24.0 Å². The summed E-state index contributed by atoms with van der Waals surface area (Å²) >= 11 is 0. The minimum absolute atomic E-state index is 0.0361. The van der Waals surface area contributed by atoms with Crippen LogP contribution < -0.4 is 5.73 Å². The summed E-state index contributed by atoms with van der Waals surface area (Å²) in [6.45, 7) is 3.78. The zero-order valence-corrected chi connectivity index (χ0v) is 13.0. The number of nitrogens with two attached hydrogens (primary N) is 1. The number of phenols is 1. The molecule has 3 N–H and O–H groups in total. The maximum Gasteiger partial charge on any atom is 0.247 e. The number of hydrogen-bond acceptors (Lipinski definition) is 4. The molecule has 2 atom stereocenters. The molecule has 1 aliphatic carbocycles. The van der Waals surface area contributed by atoms with Crippen LogP contribution in [0.25, 0.3) is 0 Å². The van der Waals surface area contributed by atoms with E-state index >= 15 is 0 Å². The molecule has 120 valence electrons. The van der Waals surface area contributed by atoms with Crippen molar-refractivity contribution in [2.45, 2.75) is 51.4 Å². The first-order valence-electron chi connectivity index (χ1n) is 8.03. The van der Waals surface area contributed by atoms with Gasteiger partial charge in [-0.05, 0) is 49.8 Å². The summed E-state index contributed by atoms with van der Waals surface area (Å²) < 4.78 is 5.56. The van der Waals surface area contributed by atoms with Crippen molar-refractivity contribution in [2.75, 3.05) is 13.1 Å². The van der Waals surface area contributed by atoms with Crippen molar-refractivity contribution in [2.24, 2.45) is 5.73 Å². The summed E-state index contributed by atoms with van der Waals surface area (Å²) in [6.07, 6.45) is 3.96. The van der Waals surface area contributed by atoms with Gasteiger partial charge in [0.1, 0.15) is 11.9 Å². The number of carbonyl (C=O) groups is 1. The molecular formula is C17H24N2O3. The van der Waals surface area contributed by atoms with Crippen molar-refractivity contribution in [3.63, 3.8) is 0 Å². The Labute approximate surface area is 131 Å². The molecular weight excluding hydrogens is 280 g/mol. The summed E-state index contributed by atoms with van der Waals surface area (Å²) in [6, 6.07) is 4.04. The lowest BCUT2D eigenvalue weighted by molar-refractivity contribution is -0.142. The Morgan fingerprint density at radius 3 is 2.68 bits per heavy atom. The summed E-state index contributed by atoms with van der Waals surface area (Å²) in [5.74, 6) is -0.0679. The lowest BCUT2D eigenvalue weighted by Crippen LogP contribution is -2.51. The van der Waals surface area contributed by atoms with E-state index in [1.54, 1.807) is 0 Å². The van der Waals surface area contributed by atoms with Gasteiger partial charge >= 0.3 is 0 Å². The standard InChI is InChI=1S/C17H24N2O3/c1-11-8-19(10-16(22-11)17(18)21)9-14-6-12-4-2-3-5-13(12)7-15(14)20/h6-7,11,16,20H,2-5,8-10H2,1H3,(H2,18,21)/t11-,16-/m1/s1. The first-order chi connectivity index (χ1) is 10.5. The van der Waals surface area contributed by atoms with Gasteiger partial charge in [0.25, 0.3) is 0 Å². The second kappa shape index (κ2) is 6.26. The van der Waals surface area contributed by atoms with Crippen molar-refractivity contribution >= 4 is 5.91 Å². The number of carbonyl (C=O) groups excluding carboxylic acids is 1. The lowest BCUT2D eigenvalue weighted by Gasteiger charge is -2.35. The third-order valence-corrected chi connectivity index (χ3v) is 4.59. The summed E-state index contributed by atoms with van der Waals surface area (Å²) in [7, 11) is 0. The Morgan fingerprint density at radius 2 is 2.00 bits per heavy atom. The average molecular weight is 304 g/mol. The van der Waals surface area contributed by atoms with Crippen molar-refractivity contribution in [3.05, 3.63) is 28.8 Å². The number of fused-ring (bicyclic) bond motifs is 1. The highest BCUT2D eigenvalue weighted by Gasteiger charge is 2.29. The molecule has 0 aromatic heterocycles. The van der Waals surface area contributed by atoms with Gasteiger partial charge in [0.15, 0.2) is 0 Å². The van der Waals surface area contributed by atoms with Gasteiger partial charge in [-0.2, -0.15) is 0 Å². The predicted octanol–water partition coefficient (Wildman–Crippen LogP) is 1.35. The van der Waals surface area contributed by atoms with Crippen LogP contribution in [0.5, 0.6) is 5.75 Å².